The Kier molecular flexibility index (Phi) is 5.02. The molecule has 0 fully saturated rings. The van der Waals surface area contributed by atoms with E-state index in [1.54, 1.807) is 24.3 Å². The summed E-state index contributed by atoms with van der Waals surface area (Å²) in [6, 6.07) is 9.62. The van der Waals surface area contributed by atoms with Crippen molar-refractivity contribution in [2.24, 2.45) is 0 Å². The van der Waals surface area contributed by atoms with Crippen LogP contribution in [0.2, 0.25) is 0 Å². The minimum atomic E-state index is -4.55. The van der Waals surface area contributed by atoms with Gasteiger partial charge in [-0.1, -0.05) is 30.3 Å². The molecular formula is C14H10BrF3N2O2. The zero-order valence-electron chi connectivity index (χ0n) is 11.0. The highest BCUT2D eigenvalue weighted by molar-refractivity contribution is 9.10. The van der Waals surface area contributed by atoms with Crippen LogP contribution in [0.4, 0.5) is 23.8 Å². The largest absolute Gasteiger partial charge is 0.444 e. The van der Waals surface area contributed by atoms with E-state index in [4.69, 9.17) is 4.74 Å². The second kappa shape index (κ2) is 6.78. The van der Waals surface area contributed by atoms with E-state index in [-0.39, 0.29) is 16.9 Å². The Balaban J connectivity index is 2.00. The molecule has 1 heterocycles. The van der Waals surface area contributed by atoms with Crippen LogP contribution in [0.5, 0.6) is 0 Å². The predicted molar refractivity (Wildman–Crippen MR) is 77.2 cm³/mol. The van der Waals surface area contributed by atoms with Gasteiger partial charge in [-0.15, -0.1) is 0 Å². The average Bonchev–Trinajstić information content (AvgIpc) is 2.47. The maximum Gasteiger partial charge on any atom is 0.417 e. The Morgan fingerprint density at radius 2 is 1.95 bits per heavy atom. The molecule has 8 heteroatoms. The summed E-state index contributed by atoms with van der Waals surface area (Å²) in [4.78, 5) is 15.3. The summed E-state index contributed by atoms with van der Waals surface area (Å²) in [6.07, 6.45) is -4.46. The molecule has 0 radical (unpaired) electrons. The van der Waals surface area contributed by atoms with Crippen molar-refractivity contribution in [1.82, 2.24) is 4.98 Å². The first-order valence-corrected chi connectivity index (χ1v) is 6.86. The van der Waals surface area contributed by atoms with Gasteiger partial charge >= 0.3 is 12.3 Å². The number of hydrogen-bond donors (Lipinski definition) is 1. The zero-order valence-corrected chi connectivity index (χ0v) is 12.6. The molecule has 2 aromatic rings. The van der Waals surface area contributed by atoms with E-state index in [9.17, 15) is 18.0 Å². The van der Waals surface area contributed by atoms with Crippen molar-refractivity contribution in [3.8, 4) is 0 Å². The molecule has 116 valence electrons. The van der Waals surface area contributed by atoms with Gasteiger partial charge in [0.2, 0.25) is 0 Å². The molecule has 0 bridgehead atoms. The monoisotopic (exact) mass is 374 g/mol. The molecule has 4 nitrogen and oxygen atoms in total. The van der Waals surface area contributed by atoms with E-state index >= 15 is 0 Å². The van der Waals surface area contributed by atoms with E-state index in [1.807, 2.05) is 6.07 Å². The molecule has 0 aliphatic heterocycles. The number of alkyl halides is 3. The standard InChI is InChI=1S/C14H10BrF3N2O2/c15-11-7-19-12(6-10(11)14(16,17)18)20-13(21)22-8-9-4-2-1-3-5-9/h1-7H,8H2,(H,19,20,21). The lowest BCUT2D eigenvalue weighted by molar-refractivity contribution is -0.138. The Bertz CT molecular complexity index is 663. The Hall–Kier alpha value is -2.09. The van der Waals surface area contributed by atoms with Gasteiger partial charge in [0.1, 0.15) is 12.4 Å². The van der Waals surface area contributed by atoms with E-state index in [0.717, 1.165) is 17.8 Å². The number of anilines is 1. The number of carbonyl (C=O) groups is 1. The van der Waals surface area contributed by atoms with E-state index in [0.29, 0.717) is 0 Å². The van der Waals surface area contributed by atoms with Crippen LogP contribution in [0.1, 0.15) is 11.1 Å². The molecule has 0 aliphatic carbocycles. The predicted octanol–water partition coefficient (Wildman–Crippen LogP) is 4.61. The summed E-state index contributed by atoms with van der Waals surface area (Å²) in [5, 5.41) is 2.16. The van der Waals surface area contributed by atoms with Gasteiger partial charge in [0.25, 0.3) is 0 Å². The van der Waals surface area contributed by atoms with Crippen LogP contribution >= 0.6 is 15.9 Å². The molecular weight excluding hydrogens is 365 g/mol. The number of ether oxygens (including phenoxy) is 1. The van der Waals surface area contributed by atoms with Crippen LogP contribution in [0, 0.1) is 0 Å². The number of amides is 1. The summed E-state index contributed by atoms with van der Waals surface area (Å²) < 4.78 is 42.9. The van der Waals surface area contributed by atoms with Gasteiger partial charge < -0.3 is 4.74 Å². The smallest absolute Gasteiger partial charge is 0.417 e. The summed E-state index contributed by atoms with van der Waals surface area (Å²) in [5.41, 5.74) is -0.168. The Morgan fingerprint density at radius 3 is 2.59 bits per heavy atom. The van der Waals surface area contributed by atoms with Gasteiger partial charge in [0.15, 0.2) is 0 Å². The van der Waals surface area contributed by atoms with Crippen molar-refractivity contribution in [2.45, 2.75) is 12.8 Å². The molecule has 0 atom stereocenters. The van der Waals surface area contributed by atoms with Gasteiger partial charge in [-0.2, -0.15) is 13.2 Å². The molecule has 1 N–H and O–H groups in total. The van der Waals surface area contributed by atoms with Crippen molar-refractivity contribution in [1.29, 1.82) is 0 Å². The van der Waals surface area contributed by atoms with Crippen LogP contribution < -0.4 is 5.32 Å². The molecule has 1 aromatic heterocycles. The van der Waals surface area contributed by atoms with Gasteiger partial charge in [0, 0.05) is 10.7 Å². The molecule has 1 amide bonds. The third-order valence-electron chi connectivity index (χ3n) is 2.60. The number of carbonyl (C=O) groups excluding carboxylic acids is 1. The molecule has 0 spiro atoms. The van der Waals surface area contributed by atoms with Crippen LogP contribution in [0.15, 0.2) is 47.1 Å². The number of halogens is 4. The maximum atomic E-state index is 12.7. The van der Waals surface area contributed by atoms with Crippen molar-refractivity contribution in [2.75, 3.05) is 5.32 Å². The molecule has 2 rings (SSSR count). The quantitative estimate of drug-likeness (QED) is 0.853. The van der Waals surface area contributed by atoms with Crippen molar-refractivity contribution >= 4 is 27.8 Å². The highest BCUT2D eigenvalue weighted by Gasteiger charge is 2.33. The minimum Gasteiger partial charge on any atom is -0.444 e. The number of aromatic nitrogens is 1. The van der Waals surface area contributed by atoms with Gasteiger partial charge in [-0.05, 0) is 27.6 Å². The lowest BCUT2D eigenvalue weighted by atomic mass is 10.2. The summed E-state index contributed by atoms with van der Waals surface area (Å²) >= 11 is 2.77. The van der Waals surface area contributed by atoms with Gasteiger partial charge in [-0.25, -0.2) is 9.78 Å². The number of hydrogen-bond acceptors (Lipinski definition) is 3. The zero-order chi connectivity index (χ0) is 16.2. The van der Waals surface area contributed by atoms with Crippen molar-refractivity contribution in [3.05, 3.63) is 58.2 Å². The number of rotatable bonds is 3. The highest BCUT2D eigenvalue weighted by atomic mass is 79.9. The topological polar surface area (TPSA) is 51.2 Å². The number of benzene rings is 1. The van der Waals surface area contributed by atoms with E-state index in [2.05, 4.69) is 26.2 Å². The molecule has 0 saturated heterocycles. The van der Waals surface area contributed by atoms with Crippen LogP contribution in [-0.4, -0.2) is 11.1 Å². The number of pyridine rings is 1. The highest BCUT2D eigenvalue weighted by Crippen LogP contribution is 2.35. The van der Waals surface area contributed by atoms with Gasteiger partial charge in [-0.3, -0.25) is 5.32 Å². The molecule has 0 unspecified atom stereocenters. The normalized spacial score (nSPS) is 11.1. The second-order valence-corrected chi connectivity index (χ2v) is 5.09. The van der Waals surface area contributed by atoms with Crippen LogP contribution in [-0.2, 0) is 17.5 Å². The molecule has 1 aromatic carbocycles. The second-order valence-electron chi connectivity index (χ2n) is 4.23. The van der Waals surface area contributed by atoms with Gasteiger partial charge in [0.05, 0.1) is 5.56 Å². The number of nitrogens with one attached hydrogen (secondary N) is 1. The first-order valence-electron chi connectivity index (χ1n) is 6.06. The third kappa shape index (κ3) is 4.45. The van der Waals surface area contributed by atoms with Crippen LogP contribution in [0.25, 0.3) is 0 Å². The molecule has 22 heavy (non-hydrogen) atoms. The molecule has 0 saturated carbocycles. The first kappa shape index (κ1) is 16.3. The third-order valence-corrected chi connectivity index (χ3v) is 3.24. The average molecular weight is 375 g/mol. The van der Waals surface area contributed by atoms with Crippen LogP contribution in [0.3, 0.4) is 0 Å². The SMILES string of the molecule is O=C(Nc1cc(C(F)(F)F)c(Br)cn1)OCc1ccccc1. The van der Waals surface area contributed by atoms with Crippen molar-refractivity contribution < 1.29 is 22.7 Å². The summed E-state index contributed by atoms with van der Waals surface area (Å²) in [6.45, 7) is 0.00926. The first-order chi connectivity index (χ1) is 10.4. The lowest BCUT2D eigenvalue weighted by Crippen LogP contribution is -2.16. The number of nitrogens with zero attached hydrogens (tertiary/aromatic N) is 1. The Morgan fingerprint density at radius 1 is 1.27 bits per heavy atom. The fourth-order valence-electron chi connectivity index (χ4n) is 1.59. The van der Waals surface area contributed by atoms with E-state index < -0.39 is 17.8 Å². The fraction of sp³-hybridized carbons (Fsp3) is 0.143. The fourth-order valence-corrected chi connectivity index (χ4v) is 2.03. The minimum absolute atomic E-state index is 0.00926. The molecule has 0 aliphatic rings. The Labute approximate surface area is 132 Å². The van der Waals surface area contributed by atoms with E-state index in [1.165, 1.54) is 0 Å². The maximum absolute atomic E-state index is 12.7. The van der Waals surface area contributed by atoms with Crippen molar-refractivity contribution in [3.63, 3.8) is 0 Å². The summed E-state index contributed by atoms with van der Waals surface area (Å²) in [5.74, 6) is -0.242. The summed E-state index contributed by atoms with van der Waals surface area (Å²) in [7, 11) is 0. The lowest BCUT2D eigenvalue weighted by Gasteiger charge is -2.11.